The fourth-order valence-electron chi connectivity index (χ4n) is 3.52. The van der Waals surface area contributed by atoms with Gasteiger partial charge in [0.2, 0.25) is 0 Å². The van der Waals surface area contributed by atoms with Crippen LogP contribution in [0.3, 0.4) is 0 Å². The summed E-state index contributed by atoms with van der Waals surface area (Å²) in [6.07, 6.45) is 9.35. The van der Waals surface area contributed by atoms with Gasteiger partial charge in [0.05, 0.1) is 11.9 Å². The van der Waals surface area contributed by atoms with Gasteiger partial charge in [0.1, 0.15) is 17.4 Å². The summed E-state index contributed by atoms with van der Waals surface area (Å²) >= 11 is 0. The van der Waals surface area contributed by atoms with Crippen molar-refractivity contribution in [2.75, 3.05) is 13.1 Å². The molecule has 0 spiro atoms. The molecule has 9 heteroatoms. The Morgan fingerprint density at radius 2 is 2.07 bits per heavy atom. The van der Waals surface area contributed by atoms with E-state index in [0.29, 0.717) is 25.5 Å². The van der Waals surface area contributed by atoms with Gasteiger partial charge >= 0.3 is 12.1 Å². The predicted octanol–water partition coefficient (Wildman–Crippen LogP) is 3.30. The SMILES string of the molecule is Cn1cc(-c2cc3nccn3c(O[C@@H]3CCCN(C(=O)OC(C)(C)C)CC3)n2)cn1. The van der Waals surface area contributed by atoms with Crippen molar-refractivity contribution in [2.24, 2.45) is 7.05 Å². The molecule has 1 aliphatic heterocycles. The van der Waals surface area contributed by atoms with Gasteiger partial charge in [0, 0.05) is 56.8 Å². The Morgan fingerprint density at radius 3 is 2.80 bits per heavy atom. The van der Waals surface area contributed by atoms with Crippen LogP contribution in [0.15, 0.2) is 30.9 Å². The first-order chi connectivity index (χ1) is 14.3. The molecule has 0 radical (unpaired) electrons. The number of nitrogens with zero attached hydrogens (tertiary/aromatic N) is 6. The fourth-order valence-corrected chi connectivity index (χ4v) is 3.52. The maximum absolute atomic E-state index is 12.4. The van der Waals surface area contributed by atoms with Gasteiger partial charge in [-0.15, -0.1) is 0 Å². The highest BCUT2D eigenvalue weighted by molar-refractivity contribution is 5.68. The summed E-state index contributed by atoms with van der Waals surface area (Å²) in [4.78, 5) is 23.3. The van der Waals surface area contributed by atoms with Crippen molar-refractivity contribution in [2.45, 2.75) is 51.7 Å². The van der Waals surface area contributed by atoms with Crippen molar-refractivity contribution >= 4 is 11.7 Å². The number of amides is 1. The lowest BCUT2D eigenvalue weighted by Crippen LogP contribution is -2.37. The van der Waals surface area contributed by atoms with Gasteiger partial charge in [-0.05, 0) is 33.6 Å². The zero-order valence-corrected chi connectivity index (χ0v) is 17.9. The Kier molecular flexibility index (Phi) is 5.36. The number of imidazole rings is 1. The van der Waals surface area contributed by atoms with E-state index in [1.807, 2.05) is 50.7 Å². The molecule has 3 aromatic heterocycles. The molecule has 1 fully saturated rings. The van der Waals surface area contributed by atoms with Gasteiger partial charge in [-0.2, -0.15) is 10.1 Å². The summed E-state index contributed by atoms with van der Waals surface area (Å²) in [5.74, 6) is 0. The molecule has 0 unspecified atom stereocenters. The van der Waals surface area contributed by atoms with Crippen LogP contribution in [0.2, 0.25) is 0 Å². The van der Waals surface area contributed by atoms with Crippen LogP contribution < -0.4 is 4.74 Å². The summed E-state index contributed by atoms with van der Waals surface area (Å²) in [7, 11) is 1.87. The minimum Gasteiger partial charge on any atom is -0.461 e. The van der Waals surface area contributed by atoms with Crippen molar-refractivity contribution in [1.29, 1.82) is 0 Å². The van der Waals surface area contributed by atoms with E-state index in [2.05, 4.69) is 10.1 Å². The number of fused-ring (bicyclic) bond motifs is 1. The largest absolute Gasteiger partial charge is 0.461 e. The zero-order valence-electron chi connectivity index (χ0n) is 17.9. The second kappa shape index (κ2) is 7.97. The van der Waals surface area contributed by atoms with Gasteiger partial charge in [-0.25, -0.2) is 9.78 Å². The van der Waals surface area contributed by atoms with E-state index in [9.17, 15) is 4.79 Å². The van der Waals surface area contributed by atoms with Gasteiger partial charge in [-0.3, -0.25) is 9.08 Å². The quantitative estimate of drug-likeness (QED) is 0.656. The van der Waals surface area contributed by atoms with Crippen LogP contribution in [-0.2, 0) is 11.8 Å². The molecule has 4 heterocycles. The van der Waals surface area contributed by atoms with E-state index < -0.39 is 5.60 Å². The van der Waals surface area contributed by atoms with Crippen molar-refractivity contribution in [1.82, 2.24) is 29.0 Å². The van der Waals surface area contributed by atoms with Gasteiger partial charge < -0.3 is 14.4 Å². The third-order valence-corrected chi connectivity index (χ3v) is 4.96. The highest BCUT2D eigenvalue weighted by Crippen LogP contribution is 2.25. The van der Waals surface area contributed by atoms with Crippen LogP contribution in [-0.4, -0.2) is 59.9 Å². The second-order valence-corrected chi connectivity index (χ2v) is 8.62. The first-order valence-corrected chi connectivity index (χ1v) is 10.3. The number of carbonyl (C=O) groups excluding carboxylic acids is 1. The van der Waals surface area contributed by atoms with E-state index in [1.54, 1.807) is 22.0 Å². The fraction of sp³-hybridized carbons (Fsp3) is 0.524. The number of likely N-dealkylation sites (tertiary alicyclic amines) is 1. The molecule has 160 valence electrons. The van der Waals surface area contributed by atoms with Crippen molar-refractivity contribution in [3.05, 3.63) is 30.9 Å². The van der Waals surface area contributed by atoms with Crippen LogP contribution in [0.4, 0.5) is 4.79 Å². The topological polar surface area (TPSA) is 86.8 Å². The minimum atomic E-state index is -0.497. The summed E-state index contributed by atoms with van der Waals surface area (Å²) in [5.41, 5.74) is 1.94. The number of hydrogen-bond donors (Lipinski definition) is 0. The van der Waals surface area contributed by atoms with E-state index >= 15 is 0 Å². The number of ether oxygens (including phenoxy) is 2. The number of hydrogen-bond acceptors (Lipinski definition) is 6. The Morgan fingerprint density at radius 1 is 1.23 bits per heavy atom. The molecule has 0 bridgehead atoms. The van der Waals surface area contributed by atoms with Crippen molar-refractivity contribution < 1.29 is 14.3 Å². The molecule has 4 rings (SSSR count). The average Bonchev–Trinajstić information content (AvgIpc) is 3.25. The summed E-state index contributed by atoms with van der Waals surface area (Å²) in [6, 6.07) is 2.42. The zero-order chi connectivity index (χ0) is 21.3. The first kappa shape index (κ1) is 20.2. The van der Waals surface area contributed by atoms with Crippen LogP contribution in [0.5, 0.6) is 6.01 Å². The average molecular weight is 412 g/mol. The number of aromatic nitrogens is 5. The van der Waals surface area contributed by atoms with Gasteiger partial charge in [0.15, 0.2) is 0 Å². The van der Waals surface area contributed by atoms with Crippen LogP contribution in [0.25, 0.3) is 16.9 Å². The van der Waals surface area contributed by atoms with Crippen molar-refractivity contribution in [3.63, 3.8) is 0 Å². The summed E-state index contributed by atoms with van der Waals surface area (Å²) in [6.45, 7) is 6.90. The van der Waals surface area contributed by atoms with E-state index in [0.717, 1.165) is 29.7 Å². The molecule has 1 aliphatic rings. The molecule has 0 saturated carbocycles. The smallest absolute Gasteiger partial charge is 0.410 e. The van der Waals surface area contributed by atoms with Crippen LogP contribution in [0.1, 0.15) is 40.0 Å². The molecular formula is C21H28N6O3. The maximum Gasteiger partial charge on any atom is 0.410 e. The molecule has 0 aliphatic carbocycles. The molecule has 9 nitrogen and oxygen atoms in total. The van der Waals surface area contributed by atoms with E-state index in [4.69, 9.17) is 14.5 Å². The summed E-state index contributed by atoms with van der Waals surface area (Å²) in [5, 5.41) is 4.23. The normalized spacial score (nSPS) is 17.7. The lowest BCUT2D eigenvalue weighted by atomic mass is 10.2. The molecule has 1 amide bonds. The predicted molar refractivity (Wildman–Crippen MR) is 111 cm³/mol. The number of carbonyl (C=O) groups is 1. The maximum atomic E-state index is 12.4. The number of rotatable bonds is 3. The molecule has 1 saturated heterocycles. The first-order valence-electron chi connectivity index (χ1n) is 10.3. The standard InChI is InChI=1S/C21H28N6O3/c1-21(2,3)30-20(28)26-9-5-6-16(7-10-26)29-19-24-17(15-13-23-25(4)14-15)12-18-22-8-11-27(18)19/h8,11-14,16H,5-7,9-10H2,1-4H3/t16-/m1/s1. The monoisotopic (exact) mass is 412 g/mol. The third-order valence-electron chi connectivity index (χ3n) is 4.96. The van der Waals surface area contributed by atoms with Crippen LogP contribution in [0, 0.1) is 0 Å². The third kappa shape index (κ3) is 4.55. The lowest BCUT2D eigenvalue weighted by molar-refractivity contribution is 0.0251. The highest BCUT2D eigenvalue weighted by atomic mass is 16.6. The summed E-state index contributed by atoms with van der Waals surface area (Å²) < 4.78 is 15.4. The van der Waals surface area contributed by atoms with E-state index in [-0.39, 0.29) is 12.2 Å². The van der Waals surface area contributed by atoms with Crippen LogP contribution >= 0.6 is 0 Å². The molecule has 0 N–H and O–H groups in total. The molecule has 30 heavy (non-hydrogen) atoms. The van der Waals surface area contributed by atoms with Gasteiger partial charge in [0.25, 0.3) is 0 Å². The van der Waals surface area contributed by atoms with E-state index in [1.165, 1.54) is 0 Å². The molecule has 0 aromatic carbocycles. The molecular weight excluding hydrogens is 384 g/mol. The van der Waals surface area contributed by atoms with Gasteiger partial charge in [-0.1, -0.05) is 0 Å². The lowest BCUT2D eigenvalue weighted by Gasteiger charge is -2.26. The number of aryl methyl sites for hydroxylation is 1. The Hall–Kier alpha value is -3.10. The molecule has 3 aromatic rings. The second-order valence-electron chi connectivity index (χ2n) is 8.62. The van der Waals surface area contributed by atoms with Crippen molar-refractivity contribution in [3.8, 4) is 17.3 Å². The Balaban J connectivity index is 1.50. The minimum absolute atomic E-state index is 0.0420. The Bertz CT molecular complexity index is 1030. The highest BCUT2D eigenvalue weighted by Gasteiger charge is 2.26. The molecule has 1 atom stereocenters. The Labute approximate surface area is 175 Å².